The molecule has 0 amide bonds. The summed E-state index contributed by atoms with van der Waals surface area (Å²) >= 11 is 35.7. The van der Waals surface area contributed by atoms with Gasteiger partial charge in [0.1, 0.15) is 0 Å². The van der Waals surface area contributed by atoms with Crippen LogP contribution in [0, 0.1) is 0 Å². The first-order valence-electron chi connectivity index (χ1n) is 13.3. The maximum Gasteiger partial charge on any atom is 0.338 e. The van der Waals surface area contributed by atoms with Gasteiger partial charge in [-0.05, 0) is 85.3 Å². The van der Waals surface area contributed by atoms with Crippen LogP contribution in [0.4, 0.5) is 5.69 Å². The summed E-state index contributed by atoms with van der Waals surface area (Å²) in [5.74, 6) is 0. The summed E-state index contributed by atoms with van der Waals surface area (Å²) in [5.41, 5.74) is 3.02. The van der Waals surface area contributed by atoms with Crippen LogP contribution < -0.4 is 11.1 Å². The second-order valence-electron chi connectivity index (χ2n) is 9.27. The number of carbonyl (C=O) groups excluding carboxylic acids is 1. The van der Waals surface area contributed by atoms with E-state index in [1.807, 2.05) is 36.4 Å². The molecule has 6 nitrogen and oxygen atoms in total. The molecule has 0 spiro atoms. The minimum atomic E-state index is -0.243. The van der Waals surface area contributed by atoms with Crippen LogP contribution in [0.15, 0.2) is 118 Å². The summed E-state index contributed by atoms with van der Waals surface area (Å²) in [6.45, 7) is 0. The molecule has 0 unspecified atom stereocenters. The molecule has 0 fully saturated rings. The molecule has 4 aromatic carbocycles. The first kappa shape index (κ1) is 35.0. The van der Waals surface area contributed by atoms with Crippen molar-refractivity contribution in [1.82, 2.24) is 9.13 Å². The standard InChI is InChI=1S/C20H12Cl4N2O.C7H3Cl2NO.C7H6O/c21-14-8-6-12(10-16(14)23)25-18-4-2-1-3-5-19(18)26(20(25)27)13-7-9-15(22)17(24)11-13;8-6-2-1-5(10-4-11)3-7(6)9;8-7-5-3-1-2-4-6-7/h2-11H,1H2;1-3H;1-6H. The molecule has 0 bridgehead atoms. The predicted octanol–water partition coefficient (Wildman–Crippen LogP) is 10.7. The molecule has 1 aliphatic rings. The van der Waals surface area contributed by atoms with Gasteiger partial charge in [0.25, 0.3) is 0 Å². The molecule has 0 aliphatic heterocycles. The van der Waals surface area contributed by atoms with Crippen molar-refractivity contribution in [2.24, 2.45) is 4.99 Å². The topological polar surface area (TPSA) is 73.4 Å². The van der Waals surface area contributed by atoms with Gasteiger partial charge in [-0.1, -0.05) is 106 Å². The zero-order valence-electron chi connectivity index (χ0n) is 23.5. The van der Waals surface area contributed by atoms with Crippen molar-refractivity contribution in [1.29, 1.82) is 0 Å². The Kier molecular flexibility index (Phi) is 12.7. The molecule has 6 rings (SSSR count). The lowest BCUT2D eigenvalue weighted by molar-refractivity contribution is 0.565. The second kappa shape index (κ2) is 16.6. The van der Waals surface area contributed by atoms with E-state index in [0.29, 0.717) is 47.2 Å². The molecule has 0 saturated heterocycles. The average molecular weight is 732 g/mol. The first-order valence-corrected chi connectivity index (χ1v) is 15.6. The highest BCUT2D eigenvalue weighted by Crippen LogP contribution is 2.30. The third-order valence-electron chi connectivity index (χ3n) is 6.21. The van der Waals surface area contributed by atoms with E-state index in [9.17, 15) is 14.4 Å². The maximum absolute atomic E-state index is 13.4. The number of hydrogen-bond donors (Lipinski definition) is 0. The van der Waals surface area contributed by atoms with E-state index in [2.05, 4.69) is 4.99 Å². The van der Waals surface area contributed by atoms with Crippen molar-refractivity contribution in [3.8, 4) is 11.4 Å². The van der Waals surface area contributed by atoms with Crippen LogP contribution in [0.3, 0.4) is 0 Å². The van der Waals surface area contributed by atoms with Crippen LogP contribution in [-0.4, -0.2) is 15.2 Å². The van der Waals surface area contributed by atoms with Crippen LogP contribution in [0.25, 0.3) is 23.5 Å². The van der Waals surface area contributed by atoms with Crippen LogP contribution in [0.2, 0.25) is 30.1 Å². The summed E-state index contributed by atoms with van der Waals surface area (Å²) in [7, 11) is 0. The zero-order valence-corrected chi connectivity index (χ0v) is 28.0. The minimum absolute atomic E-state index is 0.0509. The molecular weight excluding hydrogens is 711 g/mol. The lowest BCUT2D eigenvalue weighted by Crippen LogP contribution is -2.23. The molecule has 12 heteroatoms. The smallest absolute Gasteiger partial charge is 0.290 e. The number of hydrogen-bond acceptors (Lipinski definition) is 4. The first-order chi connectivity index (χ1) is 22.1. The summed E-state index contributed by atoms with van der Waals surface area (Å²) in [5, 5.41) is 2.44. The van der Waals surface area contributed by atoms with E-state index in [0.717, 1.165) is 17.8 Å². The Balaban J connectivity index is 0.000000206. The molecule has 1 aliphatic carbocycles. The number of imidazole rings is 1. The van der Waals surface area contributed by atoms with Gasteiger partial charge in [-0.15, -0.1) is 0 Å². The molecule has 1 aromatic heterocycles. The molecular formula is C34H21Cl6N3O3. The highest BCUT2D eigenvalue weighted by atomic mass is 35.5. The maximum atomic E-state index is 13.4. The van der Waals surface area contributed by atoms with Crippen molar-refractivity contribution in [3.63, 3.8) is 0 Å². The predicted molar refractivity (Wildman–Crippen MR) is 191 cm³/mol. The van der Waals surface area contributed by atoms with Gasteiger partial charge in [-0.3, -0.25) is 13.9 Å². The van der Waals surface area contributed by atoms with Crippen LogP contribution >= 0.6 is 69.6 Å². The lowest BCUT2D eigenvalue weighted by Gasteiger charge is -2.06. The Labute approximate surface area is 294 Å². The Morgan fingerprint density at radius 2 is 1.02 bits per heavy atom. The van der Waals surface area contributed by atoms with Gasteiger partial charge in [-0.25, -0.2) is 9.59 Å². The quantitative estimate of drug-likeness (QED) is 0.137. The van der Waals surface area contributed by atoms with Gasteiger partial charge in [0.15, 0.2) is 5.43 Å². The van der Waals surface area contributed by atoms with E-state index in [1.54, 1.807) is 69.8 Å². The third kappa shape index (κ3) is 8.91. The number of isocyanates is 1. The number of rotatable bonds is 3. The number of aliphatic imine (C=N–C) groups is 1. The van der Waals surface area contributed by atoms with Gasteiger partial charge < -0.3 is 0 Å². The summed E-state index contributed by atoms with van der Waals surface area (Å²) in [6, 6.07) is 25.0. The molecule has 0 atom stereocenters. The Bertz CT molecular complexity index is 2010. The number of benzene rings is 3. The molecule has 0 saturated carbocycles. The number of halogens is 6. The SMILES string of the molecule is O=C=Nc1ccc(Cl)c(Cl)c1.O=c1cccccc1.O=c1n(-c2ccc(Cl)c(Cl)c2)c2c(n1-c1ccc(Cl)c(Cl)c1)C=CCC=C2. The fraction of sp³-hybridized carbons (Fsp3) is 0.0294. The summed E-state index contributed by atoms with van der Waals surface area (Å²) in [6.07, 6.45) is 10.0. The number of nitrogens with zero attached hydrogens (tertiary/aromatic N) is 3. The van der Waals surface area contributed by atoms with E-state index in [4.69, 9.17) is 69.6 Å². The van der Waals surface area contributed by atoms with Crippen LogP contribution in [-0.2, 0) is 4.79 Å². The van der Waals surface area contributed by atoms with Crippen molar-refractivity contribution in [3.05, 3.63) is 165 Å². The van der Waals surface area contributed by atoms with E-state index in [1.165, 1.54) is 24.3 Å². The third-order valence-corrected chi connectivity index (χ3v) is 8.42. The number of allylic oxidation sites excluding steroid dienone is 2. The zero-order chi connectivity index (χ0) is 33.2. The van der Waals surface area contributed by atoms with Crippen molar-refractivity contribution >= 4 is 93.5 Å². The van der Waals surface area contributed by atoms with E-state index in [-0.39, 0.29) is 11.1 Å². The Morgan fingerprint density at radius 1 is 0.565 bits per heavy atom. The molecule has 0 N–H and O–H groups in total. The fourth-order valence-electron chi connectivity index (χ4n) is 4.13. The molecule has 232 valence electrons. The molecule has 5 aromatic rings. The summed E-state index contributed by atoms with van der Waals surface area (Å²) < 4.78 is 3.21. The van der Waals surface area contributed by atoms with Gasteiger partial charge in [0.2, 0.25) is 6.08 Å². The summed E-state index contributed by atoms with van der Waals surface area (Å²) in [4.78, 5) is 37.0. The van der Waals surface area contributed by atoms with Crippen molar-refractivity contribution in [2.45, 2.75) is 6.42 Å². The van der Waals surface area contributed by atoms with Crippen LogP contribution in [0.1, 0.15) is 17.8 Å². The van der Waals surface area contributed by atoms with E-state index >= 15 is 0 Å². The fourth-order valence-corrected chi connectivity index (χ4v) is 5.01. The average Bonchev–Trinajstić information content (AvgIpc) is 3.25. The Morgan fingerprint density at radius 3 is 1.46 bits per heavy atom. The second-order valence-corrected chi connectivity index (χ2v) is 11.7. The molecule has 0 radical (unpaired) electrons. The minimum Gasteiger partial charge on any atom is -0.290 e. The highest BCUT2D eigenvalue weighted by molar-refractivity contribution is 6.43. The largest absolute Gasteiger partial charge is 0.338 e. The normalized spacial score (nSPS) is 11.2. The van der Waals surface area contributed by atoms with Gasteiger partial charge in [-0.2, -0.15) is 4.99 Å². The van der Waals surface area contributed by atoms with Gasteiger partial charge in [0.05, 0.1) is 58.6 Å². The monoisotopic (exact) mass is 729 g/mol. The van der Waals surface area contributed by atoms with Crippen molar-refractivity contribution in [2.75, 3.05) is 0 Å². The lowest BCUT2D eigenvalue weighted by atomic mass is 10.2. The van der Waals surface area contributed by atoms with Gasteiger partial charge in [0, 0.05) is 0 Å². The Hall–Kier alpha value is -3.84. The number of aromatic nitrogens is 2. The molecule has 46 heavy (non-hydrogen) atoms. The van der Waals surface area contributed by atoms with Crippen LogP contribution in [0.5, 0.6) is 0 Å². The molecule has 1 heterocycles. The van der Waals surface area contributed by atoms with Gasteiger partial charge >= 0.3 is 5.69 Å². The highest BCUT2D eigenvalue weighted by Gasteiger charge is 2.21. The van der Waals surface area contributed by atoms with Crippen molar-refractivity contribution < 1.29 is 4.79 Å². The number of fused-ring (bicyclic) bond motifs is 1. The van der Waals surface area contributed by atoms with E-state index < -0.39 is 0 Å².